The molecule has 0 spiro atoms. The van der Waals surface area contributed by atoms with E-state index in [1.165, 1.54) is 12.0 Å². The standard InChI is InChI=1S/C26H22ClN3O5/c1-34-19-5-2-4-17-14-20(35-25(17)19)23(31)21-22(16-6-8-18(27)9-7-16)30(26(33)24(21)32)12-3-11-29-13-10-28-15-29/h2,4-10,13-15,22H,3,11-12H2,1H3,(H,31,32)/p+1. The van der Waals surface area contributed by atoms with Crippen LogP contribution in [0.1, 0.15) is 28.6 Å². The summed E-state index contributed by atoms with van der Waals surface area (Å²) in [4.78, 5) is 31.3. The van der Waals surface area contributed by atoms with Crippen LogP contribution in [0, 0.1) is 0 Å². The molecule has 0 bridgehead atoms. The molecule has 0 radical (unpaired) electrons. The van der Waals surface area contributed by atoms with Crippen LogP contribution in [0.2, 0.25) is 5.02 Å². The maximum absolute atomic E-state index is 13.7. The Labute approximate surface area is 206 Å². The number of methoxy groups -OCH3 is 1. The predicted octanol–water partition coefficient (Wildman–Crippen LogP) is 4.38. The van der Waals surface area contributed by atoms with Gasteiger partial charge in [0.1, 0.15) is 12.4 Å². The van der Waals surface area contributed by atoms with E-state index in [2.05, 4.69) is 4.98 Å². The number of nitrogens with zero attached hydrogens (tertiary/aromatic N) is 2. The van der Waals surface area contributed by atoms with Crippen molar-refractivity contribution in [2.45, 2.75) is 19.0 Å². The Morgan fingerprint density at radius 1 is 1.26 bits per heavy atom. The van der Waals surface area contributed by atoms with Crippen LogP contribution in [0.15, 0.2) is 83.0 Å². The maximum Gasteiger partial charge on any atom is 0.290 e. The second kappa shape index (κ2) is 9.31. The minimum atomic E-state index is -0.779. The molecule has 0 saturated heterocycles. The Morgan fingerprint density at radius 2 is 2.06 bits per heavy atom. The lowest BCUT2D eigenvalue weighted by molar-refractivity contribution is -0.695. The number of aryl methyl sites for hydroxylation is 1. The molecule has 0 fully saturated rings. The number of imidazole rings is 1. The molecular weight excluding hydrogens is 470 g/mol. The smallest absolute Gasteiger partial charge is 0.290 e. The van der Waals surface area contributed by atoms with Crippen LogP contribution >= 0.6 is 11.6 Å². The highest BCUT2D eigenvalue weighted by atomic mass is 35.5. The zero-order chi connectivity index (χ0) is 24.5. The first-order valence-electron chi connectivity index (χ1n) is 11.1. The third-order valence-corrected chi connectivity index (χ3v) is 6.36. The van der Waals surface area contributed by atoms with Gasteiger partial charge < -0.3 is 19.2 Å². The number of furan rings is 1. The summed E-state index contributed by atoms with van der Waals surface area (Å²) in [7, 11) is 1.52. The maximum atomic E-state index is 13.7. The largest absolute Gasteiger partial charge is 0.503 e. The fourth-order valence-electron chi connectivity index (χ4n) is 4.43. The Hall–Kier alpha value is -4.04. The fourth-order valence-corrected chi connectivity index (χ4v) is 4.56. The van der Waals surface area contributed by atoms with E-state index >= 15 is 0 Å². The van der Waals surface area contributed by atoms with Crippen molar-refractivity contribution in [3.8, 4) is 5.75 Å². The second-order valence-electron chi connectivity index (χ2n) is 8.24. The van der Waals surface area contributed by atoms with Crippen molar-refractivity contribution in [1.29, 1.82) is 0 Å². The zero-order valence-electron chi connectivity index (χ0n) is 18.9. The number of aromatic nitrogens is 2. The van der Waals surface area contributed by atoms with E-state index in [4.69, 9.17) is 20.8 Å². The first-order chi connectivity index (χ1) is 17.0. The van der Waals surface area contributed by atoms with Gasteiger partial charge >= 0.3 is 0 Å². The third kappa shape index (κ3) is 4.17. The number of carbonyl (C=O) groups is 2. The van der Waals surface area contributed by atoms with Crippen molar-refractivity contribution in [3.05, 3.63) is 94.9 Å². The molecule has 178 valence electrons. The van der Waals surface area contributed by atoms with Gasteiger partial charge in [-0.25, -0.2) is 4.57 Å². The van der Waals surface area contributed by atoms with Crippen molar-refractivity contribution in [2.24, 2.45) is 0 Å². The van der Waals surface area contributed by atoms with Gasteiger partial charge in [-0.05, 0) is 29.8 Å². The summed E-state index contributed by atoms with van der Waals surface area (Å²) in [6, 6.07) is 13.0. The van der Waals surface area contributed by atoms with Gasteiger partial charge in [-0.15, -0.1) is 0 Å². The van der Waals surface area contributed by atoms with E-state index in [0.29, 0.717) is 46.8 Å². The van der Waals surface area contributed by atoms with Gasteiger partial charge in [0.2, 0.25) is 12.1 Å². The molecule has 0 aliphatic carbocycles. The molecule has 1 aliphatic rings. The first-order valence-corrected chi connectivity index (χ1v) is 11.5. The first kappa shape index (κ1) is 22.7. The monoisotopic (exact) mass is 492 g/mol. The van der Waals surface area contributed by atoms with Gasteiger partial charge in [0.25, 0.3) is 5.91 Å². The molecule has 1 unspecified atom stereocenters. The summed E-state index contributed by atoms with van der Waals surface area (Å²) < 4.78 is 13.1. The lowest BCUT2D eigenvalue weighted by atomic mass is 9.95. The summed E-state index contributed by atoms with van der Waals surface area (Å²) in [6.45, 7) is 0.993. The molecule has 4 aromatic rings. The fraction of sp³-hybridized carbons (Fsp3) is 0.192. The summed E-state index contributed by atoms with van der Waals surface area (Å²) >= 11 is 6.08. The molecule has 1 aliphatic heterocycles. The summed E-state index contributed by atoms with van der Waals surface area (Å²) in [5, 5.41) is 12.1. The number of ether oxygens (including phenoxy) is 1. The van der Waals surface area contributed by atoms with Crippen LogP contribution < -0.4 is 9.30 Å². The molecule has 3 heterocycles. The number of fused-ring (bicyclic) bond motifs is 1. The van der Waals surface area contributed by atoms with E-state index in [1.54, 1.807) is 48.5 Å². The lowest BCUT2D eigenvalue weighted by Gasteiger charge is -2.26. The van der Waals surface area contributed by atoms with E-state index < -0.39 is 23.5 Å². The molecule has 2 N–H and O–H groups in total. The number of ketones is 1. The summed E-state index contributed by atoms with van der Waals surface area (Å²) in [5.74, 6) is -1.22. The quantitative estimate of drug-likeness (QED) is 0.281. The number of para-hydroxylation sites is 1. The summed E-state index contributed by atoms with van der Waals surface area (Å²) in [5.41, 5.74) is 1.06. The highest BCUT2D eigenvalue weighted by Gasteiger charge is 2.44. The number of H-pyrrole nitrogens is 1. The van der Waals surface area contributed by atoms with Gasteiger partial charge in [0.05, 0.1) is 25.3 Å². The molecule has 0 saturated carbocycles. The molecule has 35 heavy (non-hydrogen) atoms. The molecule has 2 aromatic carbocycles. The highest BCUT2D eigenvalue weighted by molar-refractivity contribution is 6.30. The van der Waals surface area contributed by atoms with Crippen molar-refractivity contribution >= 4 is 34.3 Å². The van der Waals surface area contributed by atoms with E-state index in [1.807, 2.05) is 23.3 Å². The van der Waals surface area contributed by atoms with Gasteiger partial charge in [0, 0.05) is 23.4 Å². The number of carbonyl (C=O) groups excluding carboxylic acids is 2. The van der Waals surface area contributed by atoms with Crippen molar-refractivity contribution in [2.75, 3.05) is 13.7 Å². The van der Waals surface area contributed by atoms with Crippen LogP contribution in [-0.2, 0) is 11.3 Å². The number of hydrogen-bond acceptors (Lipinski definition) is 5. The van der Waals surface area contributed by atoms with Gasteiger partial charge in [-0.2, -0.15) is 0 Å². The minimum absolute atomic E-state index is 0.0162. The van der Waals surface area contributed by atoms with E-state index in [9.17, 15) is 14.7 Å². The van der Waals surface area contributed by atoms with Crippen LogP contribution in [0.25, 0.3) is 11.0 Å². The Bertz CT molecular complexity index is 1420. The van der Waals surface area contributed by atoms with E-state index in [-0.39, 0.29) is 11.3 Å². The Balaban J connectivity index is 1.51. The number of hydrogen-bond donors (Lipinski definition) is 2. The molecule has 9 heteroatoms. The highest BCUT2D eigenvalue weighted by Crippen LogP contribution is 2.40. The number of halogens is 1. The van der Waals surface area contributed by atoms with Crippen molar-refractivity contribution < 1.29 is 28.4 Å². The van der Waals surface area contributed by atoms with Gasteiger partial charge in [-0.1, -0.05) is 35.9 Å². The lowest BCUT2D eigenvalue weighted by Crippen LogP contribution is -2.36. The average Bonchev–Trinajstić information content (AvgIpc) is 3.59. The van der Waals surface area contributed by atoms with E-state index in [0.717, 1.165) is 0 Å². The van der Waals surface area contributed by atoms with Crippen LogP contribution in [-0.4, -0.2) is 40.3 Å². The molecule has 1 atom stereocenters. The number of aliphatic hydroxyl groups excluding tert-OH is 1. The van der Waals surface area contributed by atoms with Crippen LogP contribution in [0.4, 0.5) is 0 Å². The third-order valence-electron chi connectivity index (χ3n) is 6.10. The molecule has 8 nitrogen and oxygen atoms in total. The second-order valence-corrected chi connectivity index (χ2v) is 8.67. The zero-order valence-corrected chi connectivity index (χ0v) is 19.7. The molecular formula is C26H23ClN3O5+. The number of rotatable bonds is 8. The average molecular weight is 493 g/mol. The number of Topliss-reactive ketones (excluding diaryl/α,β-unsaturated/α-hetero) is 1. The van der Waals surface area contributed by atoms with Gasteiger partial charge in [0.15, 0.2) is 22.9 Å². The Kier molecular flexibility index (Phi) is 6.05. The minimum Gasteiger partial charge on any atom is -0.503 e. The number of benzene rings is 2. The molecule has 1 amide bonds. The van der Waals surface area contributed by atoms with Crippen molar-refractivity contribution in [1.82, 2.24) is 9.88 Å². The molecule has 2 aromatic heterocycles. The van der Waals surface area contributed by atoms with Crippen LogP contribution in [0.3, 0.4) is 0 Å². The summed E-state index contributed by atoms with van der Waals surface area (Å²) in [6.07, 6.45) is 6.14. The SMILES string of the molecule is COc1cccc2cc(C(=O)C3=C(O)C(=O)N(CCC[n+]4cc[nH]c4)C3c3ccc(Cl)cc3)oc12. The van der Waals surface area contributed by atoms with Crippen molar-refractivity contribution in [3.63, 3.8) is 0 Å². The normalized spacial score (nSPS) is 15.9. The Morgan fingerprint density at radius 3 is 2.77 bits per heavy atom. The topological polar surface area (TPSA) is 99.6 Å². The predicted molar refractivity (Wildman–Crippen MR) is 128 cm³/mol. The molecule has 5 rings (SSSR count). The number of aromatic amines is 1. The number of aliphatic hydroxyl groups is 1. The van der Waals surface area contributed by atoms with Gasteiger partial charge in [-0.3, -0.25) is 14.6 Å². The number of amides is 1. The number of nitrogens with one attached hydrogen (secondary N) is 1. The van der Waals surface area contributed by atoms with Crippen LogP contribution in [0.5, 0.6) is 5.75 Å².